The van der Waals surface area contributed by atoms with Crippen molar-refractivity contribution < 1.29 is 4.74 Å². The highest BCUT2D eigenvalue weighted by molar-refractivity contribution is 6.34. The van der Waals surface area contributed by atoms with Gasteiger partial charge >= 0.3 is 0 Å². The summed E-state index contributed by atoms with van der Waals surface area (Å²) in [5.74, 6) is 0.816. The molecule has 112 valence electrons. The average molecular weight is 324 g/mol. The molecule has 1 heterocycles. The van der Waals surface area contributed by atoms with E-state index in [4.69, 9.17) is 27.9 Å². The van der Waals surface area contributed by atoms with Crippen molar-refractivity contribution in [1.29, 1.82) is 0 Å². The molecule has 1 aromatic heterocycles. The van der Waals surface area contributed by atoms with Gasteiger partial charge in [0.05, 0.1) is 5.02 Å². The third kappa shape index (κ3) is 4.12. The Labute approximate surface area is 136 Å². The molecule has 0 N–H and O–H groups in total. The number of halogens is 2. The van der Waals surface area contributed by atoms with Crippen LogP contribution in [0.5, 0.6) is 5.75 Å². The number of hydrogen-bond acceptors (Lipinski definition) is 2. The number of rotatable bonds is 5. The molecule has 2 rings (SSSR count). The normalized spacial score (nSPS) is 11.5. The van der Waals surface area contributed by atoms with E-state index in [0.717, 1.165) is 17.7 Å². The molecule has 0 fully saturated rings. The minimum atomic E-state index is 0.182. The molecule has 0 aliphatic carbocycles. The fraction of sp³-hybridized carbons (Fsp3) is 0.353. The quantitative estimate of drug-likeness (QED) is 0.663. The second-order valence-electron chi connectivity index (χ2n) is 5.65. The molecule has 0 spiro atoms. The van der Waals surface area contributed by atoms with E-state index in [2.05, 4.69) is 37.9 Å². The Morgan fingerprint density at radius 2 is 1.81 bits per heavy atom. The van der Waals surface area contributed by atoms with Gasteiger partial charge in [-0.25, -0.2) is 4.98 Å². The number of ether oxygens (including phenoxy) is 1. The van der Waals surface area contributed by atoms with Gasteiger partial charge in [-0.1, -0.05) is 56.1 Å². The number of pyridine rings is 1. The first-order valence-corrected chi connectivity index (χ1v) is 7.71. The third-order valence-corrected chi connectivity index (χ3v) is 4.37. The van der Waals surface area contributed by atoms with Gasteiger partial charge in [0.25, 0.3) is 0 Å². The Morgan fingerprint density at radius 1 is 1.14 bits per heavy atom. The van der Waals surface area contributed by atoms with E-state index in [0.29, 0.717) is 16.8 Å². The van der Waals surface area contributed by atoms with Gasteiger partial charge in [-0.2, -0.15) is 0 Å². The van der Waals surface area contributed by atoms with E-state index in [1.807, 2.05) is 12.1 Å². The molecule has 21 heavy (non-hydrogen) atoms. The van der Waals surface area contributed by atoms with Crippen LogP contribution in [-0.4, -0.2) is 4.98 Å². The van der Waals surface area contributed by atoms with Crippen LogP contribution in [-0.2, 0) is 12.0 Å². The summed E-state index contributed by atoms with van der Waals surface area (Å²) >= 11 is 11.9. The maximum Gasteiger partial charge on any atom is 0.130 e. The summed E-state index contributed by atoms with van der Waals surface area (Å²) in [5.41, 5.74) is 2.31. The Kier molecular flexibility index (Phi) is 5.13. The van der Waals surface area contributed by atoms with E-state index < -0.39 is 0 Å². The number of hydrogen-bond donors (Lipinski definition) is 0. The molecule has 1 aromatic carbocycles. The summed E-state index contributed by atoms with van der Waals surface area (Å²) in [5, 5.41) is 0.952. The van der Waals surface area contributed by atoms with Crippen LogP contribution >= 0.6 is 23.2 Å². The Morgan fingerprint density at radius 3 is 2.38 bits per heavy atom. The van der Waals surface area contributed by atoms with Crippen LogP contribution in [0, 0.1) is 0 Å². The van der Waals surface area contributed by atoms with Gasteiger partial charge in [0.2, 0.25) is 0 Å². The molecule has 0 radical (unpaired) electrons. The van der Waals surface area contributed by atoms with Crippen LogP contribution in [0.1, 0.15) is 38.3 Å². The highest BCUT2D eigenvalue weighted by Gasteiger charge is 2.17. The lowest BCUT2D eigenvalue weighted by molar-refractivity contribution is 0.305. The second-order valence-corrected chi connectivity index (χ2v) is 6.44. The molecule has 0 bridgehead atoms. The Bertz CT molecular complexity index is 609. The fourth-order valence-electron chi connectivity index (χ4n) is 1.91. The van der Waals surface area contributed by atoms with Gasteiger partial charge in [-0.15, -0.1) is 0 Å². The lowest BCUT2D eigenvalue weighted by atomic mass is 9.82. The van der Waals surface area contributed by atoms with Crippen molar-refractivity contribution in [2.24, 2.45) is 0 Å². The van der Waals surface area contributed by atoms with E-state index in [1.165, 1.54) is 5.56 Å². The molecule has 2 nitrogen and oxygen atoms in total. The lowest BCUT2D eigenvalue weighted by Crippen LogP contribution is -2.15. The van der Waals surface area contributed by atoms with Gasteiger partial charge < -0.3 is 4.74 Å². The molecule has 0 saturated carbocycles. The molecule has 2 aromatic rings. The largest absolute Gasteiger partial charge is 0.489 e. The van der Waals surface area contributed by atoms with Crippen molar-refractivity contribution in [2.45, 2.75) is 39.2 Å². The van der Waals surface area contributed by atoms with Gasteiger partial charge in [0, 0.05) is 11.8 Å². The van der Waals surface area contributed by atoms with Crippen LogP contribution in [0.3, 0.4) is 0 Å². The summed E-state index contributed by atoms with van der Waals surface area (Å²) in [6.45, 7) is 7.05. The van der Waals surface area contributed by atoms with Crippen molar-refractivity contribution in [3.05, 3.63) is 57.8 Å². The summed E-state index contributed by atoms with van der Waals surface area (Å²) in [7, 11) is 0. The van der Waals surface area contributed by atoms with Crippen molar-refractivity contribution in [2.75, 3.05) is 0 Å². The van der Waals surface area contributed by atoms with Gasteiger partial charge in [-0.05, 0) is 35.6 Å². The molecular weight excluding hydrogens is 305 g/mol. The predicted octanol–water partition coefficient (Wildman–Crippen LogP) is 5.66. The van der Waals surface area contributed by atoms with Gasteiger partial charge in [0.15, 0.2) is 0 Å². The summed E-state index contributed by atoms with van der Waals surface area (Å²) in [4.78, 5) is 4.01. The van der Waals surface area contributed by atoms with Crippen molar-refractivity contribution >= 4 is 23.2 Å². The highest BCUT2D eigenvalue weighted by atomic mass is 35.5. The van der Waals surface area contributed by atoms with Crippen molar-refractivity contribution in [1.82, 2.24) is 4.98 Å². The molecule has 4 heteroatoms. The number of nitrogens with zero attached hydrogens (tertiary/aromatic N) is 1. The first kappa shape index (κ1) is 16.1. The zero-order chi connectivity index (χ0) is 15.5. The van der Waals surface area contributed by atoms with Crippen molar-refractivity contribution in [3.8, 4) is 5.75 Å². The first-order chi connectivity index (χ1) is 9.92. The molecule has 0 amide bonds. The Balaban J connectivity index is 2.04. The highest BCUT2D eigenvalue weighted by Crippen LogP contribution is 2.28. The van der Waals surface area contributed by atoms with E-state index in [9.17, 15) is 0 Å². The number of benzene rings is 1. The standard InChI is InChI=1S/C17H19Cl2NO/c1-4-17(2,3)13-5-7-14(8-6-13)21-11-12-10-20-16(19)9-15(12)18/h5-10H,4,11H2,1-3H3. The van der Waals surface area contributed by atoms with E-state index in [-0.39, 0.29) is 5.41 Å². The zero-order valence-electron chi connectivity index (χ0n) is 12.5. The van der Waals surface area contributed by atoms with Gasteiger partial charge in [0.1, 0.15) is 17.5 Å². The SMILES string of the molecule is CCC(C)(C)c1ccc(OCc2cnc(Cl)cc2Cl)cc1. The number of aromatic nitrogens is 1. The molecule has 0 atom stereocenters. The van der Waals surface area contributed by atoms with Gasteiger partial charge in [-0.3, -0.25) is 0 Å². The first-order valence-electron chi connectivity index (χ1n) is 6.95. The molecule has 0 aliphatic heterocycles. The third-order valence-electron chi connectivity index (χ3n) is 3.81. The van der Waals surface area contributed by atoms with Crippen LogP contribution in [0.4, 0.5) is 0 Å². The maximum absolute atomic E-state index is 6.10. The lowest BCUT2D eigenvalue weighted by Gasteiger charge is -2.23. The predicted molar refractivity (Wildman–Crippen MR) is 88.3 cm³/mol. The smallest absolute Gasteiger partial charge is 0.130 e. The van der Waals surface area contributed by atoms with Crippen LogP contribution in [0.2, 0.25) is 10.2 Å². The molecule has 0 saturated heterocycles. The van der Waals surface area contributed by atoms with E-state index >= 15 is 0 Å². The monoisotopic (exact) mass is 323 g/mol. The van der Waals surface area contributed by atoms with Crippen LogP contribution < -0.4 is 4.74 Å². The minimum Gasteiger partial charge on any atom is -0.489 e. The van der Waals surface area contributed by atoms with Crippen molar-refractivity contribution in [3.63, 3.8) is 0 Å². The topological polar surface area (TPSA) is 22.1 Å². The van der Waals surface area contributed by atoms with E-state index in [1.54, 1.807) is 12.3 Å². The average Bonchev–Trinajstić information content (AvgIpc) is 2.47. The second kappa shape index (κ2) is 6.67. The summed E-state index contributed by atoms with van der Waals surface area (Å²) in [6.07, 6.45) is 2.73. The Hall–Kier alpha value is -1.25. The van der Waals surface area contributed by atoms with Crippen LogP contribution in [0.15, 0.2) is 36.5 Å². The minimum absolute atomic E-state index is 0.182. The van der Waals surface area contributed by atoms with Crippen LogP contribution in [0.25, 0.3) is 0 Å². The summed E-state index contributed by atoms with van der Waals surface area (Å²) in [6, 6.07) is 9.82. The summed E-state index contributed by atoms with van der Waals surface area (Å²) < 4.78 is 5.75. The maximum atomic E-state index is 6.10. The zero-order valence-corrected chi connectivity index (χ0v) is 14.0. The fourth-order valence-corrected chi connectivity index (χ4v) is 2.33. The molecular formula is C17H19Cl2NO. The molecule has 0 aliphatic rings. The molecule has 0 unspecified atom stereocenters.